The van der Waals surface area contributed by atoms with Crippen molar-refractivity contribution in [2.24, 2.45) is 11.1 Å². The van der Waals surface area contributed by atoms with Crippen LogP contribution in [0, 0.1) is 11.2 Å². The summed E-state index contributed by atoms with van der Waals surface area (Å²) >= 11 is 0. The first kappa shape index (κ1) is 14.6. The molecule has 1 unspecified atom stereocenters. The lowest BCUT2D eigenvalue weighted by molar-refractivity contribution is -0.155. The summed E-state index contributed by atoms with van der Waals surface area (Å²) in [5, 5.41) is 0. The average Bonchev–Trinajstić information content (AvgIpc) is 2.36. The average molecular weight is 253 g/mol. The van der Waals surface area contributed by atoms with Crippen LogP contribution >= 0.6 is 0 Å². The van der Waals surface area contributed by atoms with Crippen LogP contribution in [0.4, 0.5) is 4.39 Å². The lowest BCUT2D eigenvalue weighted by atomic mass is 9.79. The molecular formula is C14H20FNO2. The van der Waals surface area contributed by atoms with Crippen molar-refractivity contribution in [2.45, 2.75) is 26.7 Å². The van der Waals surface area contributed by atoms with Crippen LogP contribution in [0.3, 0.4) is 0 Å². The molecule has 0 fully saturated rings. The van der Waals surface area contributed by atoms with Crippen molar-refractivity contribution < 1.29 is 13.9 Å². The third-order valence-corrected chi connectivity index (χ3v) is 3.21. The van der Waals surface area contributed by atoms with E-state index < -0.39 is 5.41 Å². The van der Waals surface area contributed by atoms with Gasteiger partial charge in [-0.3, -0.25) is 4.79 Å². The van der Waals surface area contributed by atoms with Gasteiger partial charge in [0.1, 0.15) is 5.82 Å². The van der Waals surface area contributed by atoms with E-state index in [1.54, 1.807) is 19.1 Å². The summed E-state index contributed by atoms with van der Waals surface area (Å²) in [6.45, 7) is 4.17. The molecular weight excluding hydrogens is 233 g/mol. The van der Waals surface area contributed by atoms with Crippen molar-refractivity contribution in [3.8, 4) is 0 Å². The monoisotopic (exact) mass is 253 g/mol. The number of rotatable bonds is 6. The zero-order valence-electron chi connectivity index (χ0n) is 10.9. The van der Waals surface area contributed by atoms with E-state index in [1.807, 2.05) is 6.92 Å². The van der Waals surface area contributed by atoms with Crippen molar-refractivity contribution in [3.05, 3.63) is 35.6 Å². The zero-order chi connectivity index (χ0) is 13.6. The van der Waals surface area contributed by atoms with Gasteiger partial charge in [-0.15, -0.1) is 0 Å². The molecule has 1 rings (SSSR count). The molecule has 4 heteroatoms. The van der Waals surface area contributed by atoms with Gasteiger partial charge in [0.2, 0.25) is 0 Å². The van der Waals surface area contributed by atoms with E-state index in [2.05, 4.69) is 0 Å². The first-order valence-corrected chi connectivity index (χ1v) is 6.19. The summed E-state index contributed by atoms with van der Waals surface area (Å²) in [6, 6.07) is 6.23. The molecule has 18 heavy (non-hydrogen) atoms. The van der Waals surface area contributed by atoms with Crippen molar-refractivity contribution in [1.82, 2.24) is 0 Å². The number of hydrogen-bond acceptors (Lipinski definition) is 3. The Bertz CT molecular complexity index is 403. The van der Waals surface area contributed by atoms with Crippen LogP contribution in [0.5, 0.6) is 0 Å². The number of ether oxygens (including phenoxy) is 1. The Labute approximate surface area is 107 Å². The lowest BCUT2D eigenvalue weighted by Crippen LogP contribution is -2.41. The number of carbonyl (C=O) groups is 1. The van der Waals surface area contributed by atoms with Crippen LogP contribution in [0.2, 0.25) is 0 Å². The second kappa shape index (κ2) is 6.50. The quantitative estimate of drug-likeness (QED) is 0.791. The summed E-state index contributed by atoms with van der Waals surface area (Å²) in [4.78, 5) is 12.0. The molecule has 0 saturated heterocycles. The molecule has 0 aliphatic heterocycles. The Morgan fingerprint density at radius 1 is 1.44 bits per heavy atom. The third kappa shape index (κ3) is 3.29. The van der Waals surface area contributed by atoms with Crippen molar-refractivity contribution in [1.29, 1.82) is 0 Å². The Balaban J connectivity index is 2.95. The highest BCUT2D eigenvalue weighted by molar-refractivity contribution is 5.77. The van der Waals surface area contributed by atoms with Crippen molar-refractivity contribution >= 4 is 5.97 Å². The van der Waals surface area contributed by atoms with E-state index in [0.29, 0.717) is 19.4 Å². The molecule has 0 radical (unpaired) electrons. The fourth-order valence-corrected chi connectivity index (χ4v) is 1.96. The molecule has 0 amide bonds. The molecule has 0 spiro atoms. The maximum absolute atomic E-state index is 13.2. The maximum Gasteiger partial charge on any atom is 0.313 e. The fourth-order valence-electron chi connectivity index (χ4n) is 1.96. The summed E-state index contributed by atoms with van der Waals surface area (Å²) in [5.41, 5.74) is 5.74. The first-order valence-electron chi connectivity index (χ1n) is 6.19. The summed E-state index contributed by atoms with van der Waals surface area (Å²) in [6.07, 6.45) is 0.968. The molecule has 1 aromatic rings. The maximum atomic E-state index is 13.2. The molecule has 1 aromatic carbocycles. The molecule has 3 nitrogen and oxygen atoms in total. The fraction of sp³-hybridized carbons (Fsp3) is 0.500. The van der Waals surface area contributed by atoms with E-state index in [-0.39, 0.29) is 18.3 Å². The molecule has 0 bridgehead atoms. The second-order valence-electron chi connectivity index (χ2n) is 4.37. The molecule has 0 aliphatic carbocycles. The van der Waals surface area contributed by atoms with E-state index in [9.17, 15) is 9.18 Å². The SMILES string of the molecule is CCOC(=O)C(CC)(CN)Cc1cccc(F)c1. The largest absolute Gasteiger partial charge is 0.466 e. The predicted octanol–water partition coefficient (Wildman–Crippen LogP) is 2.29. The van der Waals surface area contributed by atoms with Gasteiger partial charge in [-0.05, 0) is 37.5 Å². The minimum atomic E-state index is -0.760. The molecule has 0 aromatic heterocycles. The summed E-state index contributed by atoms with van der Waals surface area (Å²) < 4.78 is 18.2. The minimum Gasteiger partial charge on any atom is -0.466 e. The number of nitrogens with two attached hydrogens (primary N) is 1. The molecule has 100 valence electrons. The van der Waals surface area contributed by atoms with Gasteiger partial charge in [0, 0.05) is 6.54 Å². The van der Waals surface area contributed by atoms with Gasteiger partial charge in [0.05, 0.1) is 12.0 Å². The van der Waals surface area contributed by atoms with Gasteiger partial charge in [0.15, 0.2) is 0 Å². The van der Waals surface area contributed by atoms with Gasteiger partial charge < -0.3 is 10.5 Å². The highest BCUT2D eigenvalue weighted by atomic mass is 19.1. The highest BCUT2D eigenvalue weighted by Crippen LogP contribution is 2.28. The van der Waals surface area contributed by atoms with E-state index in [4.69, 9.17) is 10.5 Å². The number of hydrogen-bond donors (Lipinski definition) is 1. The van der Waals surface area contributed by atoms with E-state index in [0.717, 1.165) is 5.56 Å². The van der Waals surface area contributed by atoms with Crippen LogP contribution < -0.4 is 5.73 Å². The lowest BCUT2D eigenvalue weighted by Gasteiger charge is -2.28. The standard InChI is InChI=1S/C14H20FNO2/c1-3-14(10-16,13(17)18-4-2)9-11-6-5-7-12(15)8-11/h5-8H,3-4,9-10,16H2,1-2H3. The van der Waals surface area contributed by atoms with Crippen molar-refractivity contribution in [3.63, 3.8) is 0 Å². The number of benzene rings is 1. The van der Waals surface area contributed by atoms with Crippen molar-refractivity contribution in [2.75, 3.05) is 13.2 Å². The number of halogens is 1. The van der Waals surface area contributed by atoms with Crippen LogP contribution in [0.25, 0.3) is 0 Å². The van der Waals surface area contributed by atoms with Gasteiger partial charge in [0.25, 0.3) is 0 Å². The van der Waals surface area contributed by atoms with E-state index in [1.165, 1.54) is 12.1 Å². The van der Waals surface area contributed by atoms with Crippen LogP contribution in [-0.2, 0) is 16.0 Å². The van der Waals surface area contributed by atoms with Gasteiger partial charge in [-0.2, -0.15) is 0 Å². The normalized spacial score (nSPS) is 14.0. The molecule has 0 aliphatic rings. The topological polar surface area (TPSA) is 52.3 Å². The molecule has 2 N–H and O–H groups in total. The van der Waals surface area contributed by atoms with Gasteiger partial charge in [-0.1, -0.05) is 19.1 Å². The highest BCUT2D eigenvalue weighted by Gasteiger charge is 2.37. The molecule has 1 atom stereocenters. The molecule has 0 heterocycles. The van der Waals surface area contributed by atoms with Crippen LogP contribution in [0.1, 0.15) is 25.8 Å². The minimum absolute atomic E-state index is 0.193. The van der Waals surface area contributed by atoms with Crippen LogP contribution in [0.15, 0.2) is 24.3 Å². The predicted molar refractivity (Wildman–Crippen MR) is 68.5 cm³/mol. The van der Waals surface area contributed by atoms with Crippen LogP contribution in [-0.4, -0.2) is 19.1 Å². The Hall–Kier alpha value is -1.42. The third-order valence-electron chi connectivity index (χ3n) is 3.21. The second-order valence-corrected chi connectivity index (χ2v) is 4.37. The smallest absolute Gasteiger partial charge is 0.313 e. The number of esters is 1. The Morgan fingerprint density at radius 2 is 2.17 bits per heavy atom. The van der Waals surface area contributed by atoms with Gasteiger partial charge >= 0.3 is 5.97 Å². The van der Waals surface area contributed by atoms with Gasteiger partial charge in [-0.25, -0.2) is 4.39 Å². The Morgan fingerprint density at radius 3 is 2.67 bits per heavy atom. The number of carbonyl (C=O) groups excluding carboxylic acids is 1. The first-order chi connectivity index (χ1) is 8.57. The zero-order valence-corrected chi connectivity index (χ0v) is 10.9. The summed E-state index contributed by atoms with van der Waals surface area (Å²) in [5.74, 6) is -0.613. The molecule has 0 saturated carbocycles. The summed E-state index contributed by atoms with van der Waals surface area (Å²) in [7, 11) is 0. The van der Waals surface area contributed by atoms with E-state index >= 15 is 0 Å². The Kier molecular flexibility index (Phi) is 5.28.